The minimum atomic E-state index is 0.770. The smallest absolute Gasteiger partial charge is 0.0217 e. The van der Waals surface area contributed by atoms with Crippen molar-refractivity contribution in [3.8, 4) is 0 Å². The standard InChI is InChI=1S/C8H15S/c1-2-3-4-5-6-7-8-9/h6-7H,2-5,8H2,1H3. The van der Waals surface area contributed by atoms with Gasteiger partial charge in [0.05, 0.1) is 0 Å². The third kappa shape index (κ3) is 8.09. The summed E-state index contributed by atoms with van der Waals surface area (Å²) in [5, 5.41) is 0. The van der Waals surface area contributed by atoms with E-state index in [9.17, 15) is 0 Å². The van der Waals surface area contributed by atoms with Crippen LogP contribution >= 0.6 is 12.6 Å². The molecule has 9 heavy (non-hydrogen) atoms. The van der Waals surface area contributed by atoms with Gasteiger partial charge in [0, 0.05) is 5.75 Å². The molecule has 0 nitrogen and oxygen atoms in total. The first-order valence-corrected chi connectivity index (χ1v) is 4.22. The number of hydrogen-bond donors (Lipinski definition) is 0. The van der Waals surface area contributed by atoms with E-state index in [1.54, 1.807) is 0 Å². The molecular formula is C8H15S. The fourth-order valence-corrected chi connectivity index (χ4v) is 0.834. The molecule has 0 fully saturated rings. The van der Waals surface area contributed by atoms with Gasteiger partial charge in [0.1, 0.15) is 0 Å². The summed E-state index contributed by atoms with van der Waals surface area (Å²) in [7, 11) is 0. The van der Waals surface area contributed by atoms with Crippen LogP contribution in [-0.2, 0) is 0 Å². The maximum Gasteiger partial charge on any atom is 0.0217 e. The fraction of sp³-hybridized carbons (Fsp3) is 0.750. The Balaban J connectivity index is 2.82. The molecule has 0 aromatic carbocycles. The second-order valence-electron chi connectivity index (χ2n) is 2.13. The molecule has 0 saturated heterocycles. The molecule has 1 radical (unpaired) electrons. The first-order chi connectivity index (χ1) is 4.41. The molecule has 0 heterocycles. The fourth-order valence-electron chi connectivity index (χ4n) is 0.698. The van der Waals surface area contributed by atoms with Gasteiger partial charge in [-0.1, -0.05) is 44.5 Å². The molecule has 0 saturated carbocycles. The van der Waals surface area contributed by atoms with E-state index in [2.05, 4.69) is 19.1 Å². The van der Waals surface area contributed by atoms with Crippen molar-refractivity contribution in [2.24, 2.45) is 0 Å². The van der Waals surface area contributed by atoms with Crippen LogP contribution in [0, 0.1) is 0 Å². The average Bonchev–Trinajstić information content (AvgIpc) is 1.89. The van der Waals surface area contributed by atoms with E-state index in [1.807, 2.05) is 0 Å². The van der Waals surface area contributed by atoms with Gasteiger partial charge in [-0.15, -0.1) is 0 Å². The van der Waals surface area contributed by atoms with Crippen LogP contribution in [-0.4, -0.2) is 5.75 Å². The Kier molecular flexibility index (Phi) is 8.17. The number of rotatable bonds is 5. The lowest BCUT2D eigenvalue weighted by Gasteiger charge is -1.89. The summed E-state index contributed by atoms with van der Waals surface area (Å²) in [5.41, 5.74) is 0. The highest BCUT2D eigenvalue weighted by molar-refractivity contribution is 7.80. The van der Waals surface area contributed by atoms with Crippen LogP contribution in [0.15, 0.2) is 12.2 Å². The second kappa shape index (κ2) is 8.09. The summed E-state index contributed by atoms with van der Waals surface area (Å²) >= 11 is 4.74. The predicted octanol–water partition coefficient (Wildman–Crippen LogP) is 3.32. The zero-order valence-corrected chi connectivity index (χ0v) is 6.91. The van der Waals surface area contributed by atoms with Crippen molar-refractivity contribution in [3.63, 3.8) is 0 Å². The maximum absolute atomic E-state index is 4.74. The summed E-state index contributed by atoms with van der Waals surface area (Å²) in [4.78, 5) is 0. The van der Waals surface area contributed by atoms with Crippen LogP contribution in [0.3, 0.4) is 0 Å². The molecular weight excluding hydrogens is 128 g/mol. The van der Waals surface area contributed by atoms with E-state index in [-0.39, 0.29) is 0 Å². The van der Waals surface area contributed by atoms with Crippen molar-refractivity contribution in [2.45, 2.75) is 32.6 Å². The molecule has 0 aromatic rings. The first-order valence-electron chi connectivity index (χ1n) is 3.65. The Morgan fingerprint density at radius 2 is 2.00 bits per heavy atom. The Morgan fingerprint density at radius 3 is 2.56 bits per heavy atom. The summed E-state index contributed by atoms with van der Waals surface area (Å²) in [6.45, 7) is 2.22. The molecule has 0 bridgehead atoms. The molecule has 0 spiro atoms. The number of unbranched alkanes of at least 4 members (excludes halogenated alkanes) is 3. The van der Waals surface area contributed by atoms with Gasteiger partial charge >= 0.3 is 0 Å². The average molecular weight is 143 g/mol. The van der Waals surface area contributed by atoms with Crippen molar-refractivity contribution in [3.05, 3.63) is 12.2 Å². The van der Waals surface area contributed by atoms with Gasteiger partial charge in [0.15, 0.2) is 0 Å². The van der Waals surface area contributed by atoms with Crippen molar-refractivity contribution in [1.29, 1.82) is 0 Å². The highest BCUT2D eigenvalue weighted by Gasteiger charge is 1.79. The third-order valence-corrected chi connectivity index (χ3v) is 1.43. The van der Waals surface area contributed by atoms with Crippen LogP contribution in [0.1, 0.15) is 32.6 Å². The Hall–Kier alpha value is 0.0900. The van der Waals surface area contributed by atoms with Crippen molar-refractivity contribution in [1.82, 2.24) is 0 Å². The lowest BCUT2D eigenvalue weighted by atomic mass is 10.2. The Labute approximate surface area is 63.8 Å². The molecule has 0 unspecified atom stereocenters. The minimum Gasteiger partial charge on any atom is -0.0897 e. The maximum atomic E-state index is 4.74. The predicted molar refractivity (Wildman–Crippen MR) is 45.7 cm³/mol. The largest absolute Gasteiger partial charge is 0.0897 e. The highest BCUT2D eigenvalue weighted by Crippen LogP contribution is 1.99. The van der Waals surface area contributed by atoms with E-state index < -0.39 is 0 Å². The monoisotopic (exact) mass is 143 g/mol. The molecule has 0 atom stereocenters. The van der Waals surface area contributed by atoms with Crippen LogP contribution in [0.5, 0.6) is 0 Å². The van der Waals surface area contributed by atoms with E-state index in [4.69, 9.17) is 12.6 Å². The summed E-state index contributed by atoms with van der Waals surface area (Å²) in [5.74, 6) is 0.770. The van der Waals surface area contributed by atoms with Crippen LogP contribution in [0.2, 0.25) is 0 Å². The van der Waals surface area contributed by atoms with E-state index in [0.717, 1.165) is 5.75 Å². The molecule has 0 aliphatic carbocycles. The van der Waals surface area contributed by atoms with Crippen molar-refractivity contribution >= 4 is 12.6 Å². The van der Waals surface area contributed by atoms with Gasteiger partial charge in [0.25, 0.3) is 0 Å². The normalized spacial score (nSPS) is 10.9. The van der Waals surface area contributed by atoms with E-state index in [0.29, 0.717) is 0 Å². The lowest BCUT2D eigenvalue weighted by molar-refractivity contribution is 0.729. The van der Waals surface area contributed by atoms with Crippen LogP contribution < -0.4 is 0 Å². The van der Waals surface area contributed by atoms with E-state index in [1.165, 1.54) is 25.7 Å². The molecule has 0 rings (SSSR count). The van der Waals surface area contributed by atoms with Gasteiger partial charge in [-0.25, -0.2) is 0 Å². The van der Waals surface area contributed by atoms with Crippen LogP contribution in [0.4, 0.5) is 0 Å². The first kappa shape index (κ1) is 9.09. The minimum absolute atomic E-state index is 0.770. The molecule has 0 aromatic heterocycles. The quantitative estimate of drug-likeness (QED) is 0.409. The lowest BCUT2D eigenvalue weighted by Crippen LogP contribution is -1.70. The van der Waals surface area contributed by atoms with Crippen LogP contribution in [0.25, 0.3) is 0 Å². The summed E-state index contributed by atoms with van der Waals surface area (Å²) < 4.78 is 0. The van der Waals surface area contributed by atoms with Gasteiger partial charge in [-0.05, 0) is 12.8 Å². The van der Waals surface area contributed by atoms with Crippen molar-refractivity contribution < 1.29 is 0 Å². The van der Waals surface area contributed by atoms with Crippen molar-refractivity contribution in [2.75, 3.05) is 5.75 Å². The van der Waals surface area contributed by atoms with Gasteiger partial charge in [-0.3, -0.25) is 0 Å². The Morgan fingerprint density at radius 1 is 1.22 bits per heavy atom. The summed E-state index contributed by atoms with van der Waals surface area (Å²) in [6.07, 6.45) is 9.43. The molecule has 0 aliphatic rings. The number of allylic oxidation sites excluding steroid dienone is 1. The zero-order valence-electron chi connectivity index (χ0n) is 6.10. The van der Waals surface area contributed by atoms with Gasteiger partial charge in [-0.2, -0.15) is 0 Å². The molecule has 0 N–H and O–H groups in total. The summed E-state index contributed by atoms with van der Waals surface area (Å²) in [6, 6.07) is 0. The second-order valence-corrected chi connectivity index (χ2v) is 2.47. The third-order valence-electron chi connectivity index (χ3n) is 1.24. The molecule has 0 amide bonds. The topological polar surface area (TPSA) is 0 Å². The van der Waals surface area contributed by atoms with E-state index >= 15 is 0 Å². The molecule has 53 valence electrons. The van der Waals surface area contributed by atoms with Gasteiger partial charge < -0.3 is 0 Å². The SMILES string of the molecule is CCCCCC=CC[S]. The number of hydrogen-bond acceptors (Lipinski definition) is 0. The molecule has 0 aliphatic heterocycles. The zero-order chi connectivity index (χ0) is 6.95. The Bertz CT molecular complexity index is 67.0. The highest BCUT2D eigenvalue weighted by atomic mass is 32.1. The van der Waals surface area contributed by atoms with Gasteiger partial charge in [0.2, 0.25) is 0 Å². The molecule has 1 heteroatoms.